The lowest BCUT2D eigenvalue weighted by Gasteiger charge is -1.94. The minimum Gasteiger partial charge on any atom is -0.465 e. The second-order valence-corrected chi connectivity index (χ2v) is 4.25. The van der Waals surface area contributed by atoms with Crippen molar-refractivity contribution >= 4 is 39.7 Å². The Labute approximate surface area is 99.0 Å². The second-order valence-electron chi connectivity index (χ2n) is 3.00. The number of fused-ring (bicyclic) bond motifs is 1. The van der Waals surface area contributed by atoms with Crippen molar-refractivity contribution in [1.82, 2.24) is 15.3 Å². The Morgan fingerprint density at radius 1 is 1.60 bits per heavy atom. The van der Waals surface area contributed by atoms with Crippen LogP contribution >= 0.6 is 22.6 Å². The highest BCUT2D eigenvalue weighted by atomic mass is 127. The minimum absolute atomic E-state index is 0.195. The first kappa shape index (κ1) is 10.2. The van der Waals surface area contributed by atoms with Crippen LogP contribution in [0.15, 0.2) is 18.2 Å². The maximum absolute atomic E-state index is 10.3. The van der Waals surface area contributed by atoms with E-state index in [0.717, 1.165) is 14.6 Å². The van der Waals surface area contributed by atoms with Crippen molar-refractivity contribution in [3.63, 3.8) is 0 Å². The van der Waals surface area contributed by atoms with Crippen molar-refractivity contribution in [2.45, 2.75) is 6.54 Å². The number of H-pyrrole nitrogens is 1. The van der Waals surface area contributed by atoms with Crippen molar-refractivity contribution < 1.29 is 9.90 Å². The summed E-state index contributed by atoms with van der Waals surface area (Å²) in [6, 6.07) is 5.82. The third kappa shape index (κ3) is 2.38. The van der Waals surface area contributed by atoms with Crippen LogP contribution in [0.2, 0.25) is 0 Å². The first-order valence-corrected chi connectivity index (χ1v) is 5.34. The van der Waals surface area contributed by atoms with Gasteiger partial charge in [0.15, 0.2) is 0 Å². The summed E-state index contributed by atoms with van der Waals surface area (Å²) in [5.41, 5.74) is 1.77. The molecule has 0 radical (unpaired) electrons. The number of amides is 1. The van der Waals surface area contributed by atoms with E-state index in [1.54, 1.807) is 0 Å². The molecule has 0 unspecified atom stereocenters. The quantitative estimate of drug-likeness (QED) is 0.741. The normalized spacial score (nSPS) is 10.5. The lowest BCUT2D eigenvalue weighted by Crippen LogP contribution is -2.20. The molecule has 2 rings (SSSR count). The van der Waals surface area contributed by atoms with Crippen molar-refractivity contribution in [3.05, 3.63) is 27.6 Å². The number of halogens is 1. The Bertz CT molecular complexity index is 509. The van der Waals surface area contributed by atoms with Gasteiger partial charge in [-0.2, -0.15) is 0 Å². The number of aromatic amines is 1. The first-order chi connectivity index (χ1) is 7.15. The van der Waals surface area contributed by atoms with E-state index < -0.39 is 6.09 Å². The van der Waals surface area contributed by atoms with Gasteiger partial charge in [0.05, 0.1) is 17.6 Å². The van der Waals surface area contributed by atoms with Crippen LogP contribution < -0.4 is 5.32 Å². The fraction of sp³-hybridized carbons (Fsp3) is 0.111. The molecule has 0 saturated heterocycles. The highest BCUT2D eigenvalue weighted by Gasteiger charge is 2.03. The third-order valence-corrected chi connectivity index (χ3v) is 2.57. The molecule has 1 aromatic heterocycles. The first-order valence-electron chi connectivity index (χ1n) is 4.26. The van der Waals surface area contributed by atoms with E-state index in [-0.39, 0.29) is 6.54 Å². The maximum atomic E-state index is 10.3. The summed E-state index contributed by atoms with van der Waals surface area (Å²) in [4.78, 5) is 17.6. The smallest absolute Gasteiger partial charge is 0.405 e. The molecule has 0 bridgehead atoms. The summed E-state index contributed by atoms with van der Waals surface area (Å²) >= 11 is 2.21. The SMILES string of the molecule is O=C(O)NCc1nc2ccc(I)cc2[nH]1. The molecular formula is C9H8IN3O2. The predicted octanol–water partition coefficient (Wildman–Crippen LogP) is 1.94. The van der Waals surface area contributed by atoms with Crippen LogP contribution in [0.5, 0.6) is 0 Å². The molecule has 0 fully saturated rings. The minimum atomic E-state index is -1.05. The molecule has 0 aliphatic heterocycles. The van der Waals surface area contributed by atoms with Gasteiger partial charge in [-0.3, -0.25) is 0 Å². The van der Waals surface area contributed by atoms with Gasteiger partial charge in [-0.15, -0.1) is 0 Å². The molecule has 3 N–H and O–H groups in total. The number of imidazole rings is 1. The molecular weight excluding hydrogens is 309 g/mol. The van der Waals surface area contributed by atoms with E-state index in [9.17, 15) is 4.79 Å². The summed E-state index contributed by atoms with van der Waals surface area (Å²) in [6.07, 6.45) is -1.05. The summed E-state index contributed by atoms with van der Waals surface area (Å²) < 4.78 is 1.11. The molecule has 0 spiro atoms. The van der Waals surface area contributed by atoms with Crippen molar-refractivity contribution in [1.29, 1.82) is 0 Å². The Kier molecular flexibility index (Phi) is 2.76. The van der Waals surface area contributed by atoms with Crippen LogP contribution in [0.4, 0.5) is 4.79 Å². The van der Waals surface area contributed by atoms with Gasteiger partial charge >= 0.3 is 6.09 Å². The number of hydrogen-bond donors (Lipinski definition) is 3. The topological polar surface area (TPSA) is 78.0 Å². The van der Waals surface area contributed by atoms with Crippen LogP contribution in [-0.2, 0) is 6.54 Å². The monoisotopic (exact) mass is 317 g/mol. The zero-order valence-electron chi connectivity index (χ0n) is 7.62. The maximum Gasteiger partial charge on any atom is 0.405 e. The van der Waals surface area contributed by atoms with Gasteiger partial charge in [0, 0.05) is 3.57 Å². The third-order valence-electron chi connectivity index (χ3n) is 1.90. The lowest BCUT2D eigenvalue weighted by atomic mass is 10.3. The molecule has 2 aromatic rings. The van der Waals surface area contributed by atoms with Gasteiger partial charge in [-0.25, -0.2) is 9.78 Å². The number of nitrogens with zero attached hydrogens (tertiary/aromatic N) is 1. The number of carbonyl (C=O) groups is 1. The Morgan fingerprint density at radius 3 is 3.13 bits per heavy atom. The molecule has 1 amide bonds. The van der Waals surface area contributed by atoms with E-state index in [4.69, 9.17) is 5.11 Å². The average molecular weight is 317 g/mol. The van der Waals surface area contributed by atoms with E-state index in [1.165, 1.54) is 0 Å². The molecule has 1 heterocycles. The van der Waals surface area contributed by atoms with Crippen molar-refractivity contribution in [3.8, 4) is 0 Å². The van der Waals surface area contributed by atoms with Crippen molar-refractivity contribution in [2.75, 3.05) is 0 Å². The highest BCUT2D eigenvalue weighted by Crippen LogP contribution is 2.14. The van der Waals surface area contributed by atoms with Crippen LogP contribution in [0.1, 0.15) is 5.82 Å². The van der Waals surface area contributed by atoms with Crippen molar-refractivity contribution in [2.24, 2.45) is 0 Å². The van der Waals surface area contributed by atoms with Gasteiger partial charge in [-0.1, -0.05) is 0 Å². The number of hydrogen-bond acceptors (Lipinski definition) is 2. The Hall–Kier alpha value is -1.31. The van der Waals surface area contributed by atoms with Crippen LogP contribution in [0.3, 0.4) is 0 Å². The number of carboxylic acid groups (broad SMARTS) is 1. The molecule has 0 aliphatic carbocycles. The summed E-state index contributed by atoms with van der Waals surface area (Å²) in [6.45, 7) is 0.195. The fourth-order valence-electron chi connectivity index (χ4n) is 1.28. The molecule has 1 aromatic carbocycles. The molecule has 0 atom stereocenters. The Balaban J connectivity index is 2.27. The molecule has 0 aliphatic rings. The predicted molar refractivity (Wildman–Crippen MR) is 63.7 cm³/mol. The molecule has 5 nitrogen and oxygen atoms in total. The standard InChI is InChI=1S/C9H8IN3O2/c10-5-1-2-6-7(3-5)13-8(12-6)4-11-9(14)15/h1-3,11H,4H2,(H,12,13)(H,14,15). The van der Waals surface area contributed by atoms with E-state index >= 15 is 0 Å². The van der Waals surface area contributed by atoms with Crippen LogP contribution in [0.25, 0.3) is 11.0 Å². The molecule has 6 heteroatoms. The van der Waals surface area contributed by atoms with Gasteiger partial charge in [0.25, 0.3) is 0 Å². The summed E-state index contributed by atoms with van der Waals surface area (Å²) in [7, 11) is 0. The highest BCUT2D eigenvalue weighted by molar-refractivity contribution is 14.1. The summed E-state index contributed by atoms with van der Waals surface area (Å²) in [5.74, 6) is 0.620. The van der Waals surface area contributed by atoms with Crippen LogP contribution in [-0.4, -0.2) is 21.2 Å². The fourth-order valence-corrected chi connectivity index (χ4v) is 1.77. The number of aromatic nitrogens is 2. The number of benzene rings is 1. The molecule has 15 heavy (non-hydrogen) atoms. The van der Waals surface area contributed by atoms with Crippen LogP contribution in [0, 0.1) is 3.57 Å². The van der Waals surface area contributed by atoms with Gasteiger partial charge in [-0.05, 0) is 40.8 Å². The number of nitrogens with one attached hydrogen (secondary N) is 2. The van der Waals surface area contributed by atoms with Gasteiger partial charge in [0.2, 0.25) is 0 Å². The van der Waals surface area contributed by atoms with Gasteiger partial charge < -0.3 is 15.4 Å². The zero-order valence-corrected chi connectivity index (χ0v) is 9.78. The van der Waals surface area contributed by atoms with E-state index in [2.05, 4.69) is 37.9 Å². The average Bonchev–Trinajstić information content (AvgIpc) is 2.56. The summed E-state index contributed by atoms with van der Waals surface area (Å²) in [5, 5.41) is 10.7. The largest absolute Gasteiger partial charge is 0.465 e. The second kappa shape index (κ2) is 4.05. The number of rotatable bonds is 2. The Morgan fingerprint density at radius 2 is 2.40 bits per heavy atom. The van der Waals surface area contributed by atoms with Gasteiger partial charge in [0.1, 0.15) is 5.82 Å². The molecule has 78 valence electrons. The van der Waals surface area contributed by atoms with E-state index in [0.29, 0.717) is 5.82 Å². The lowest BCUT2D eigenvalue weighted by molar-refractivity contribution is 0.193. The zero-order chi connectivity index (χ0) is 10.8. The molecule has 0 saturated carbocycles. The van der Waals surface area contributed by atoms with E-state index in [1.807, 2.05) is 18.2 Å².